The summed E-state index contributed by atoms with van der Waals surface area (Å²) in [4.78, 5) is 24.1. The minimum absolute atomic E-state index is 0. The van der Waals surface area contributed by atoms with Gasteiger partial charge in [-0.05, 0) is 54.2 Å². The van der Waals surface area contributed by atoms with Crippen LogP contribution < -0.4 is 34.9 Å². The van der Waals surface area contributed by atoms with E-state index in [9.17, 15) is 9.59 Å². The second-order valence-corrected chi connectivity index (χ2v) is 9.46. The second-order valence-electron chi connectivity index (χ2n) is 7.87. The maximum absolute atomic E-state index is 12.7. The maximum atomic E-state index is 12.7. The third-order valence-electron chi connectivity index (χ3n) is 5.51. The normalized spacial score (nSPS) is 11.0. The number of carbonyl (C=O) groups excluding carboxylic acids is 2. The number of nitrogens with one attached hydrogen (secondary N) is 1. The molecule has 0 fully saturated rings. The molecular weight excluding hydrogens is 542 g/mol. The molecule has 1 heterocycles. The van der Waals surface area contributed by atoms with E-state index in [-0.39, 0.29) is 41.5 Å². The summed E-state index contributed by atoms with van der Waals surface area (Å²) in [5, 5.41) is 3.92. The van der Waals surface area contributed by atoms with Crippen molar-refractivity contribution in [3.63, 3.8) is 0 Å². The zero-order chi connectivity index (χ0) is 24.9. The Labute approximate surface area is 251 Å². The topological polar surface area (TPSA) is 98.3 Å². The molecule has 0 aliphatic carbocycles. The van der Waals surface area contributed by atoms with Gasteiger partial charge >= 0.3 is 35.7 Å². The standard InChI is InChI=1S/C27H21Cl2N2O3S.Na.H2O/c1-16-25(30-27(33)34-17(2)22-5-3-4-6-23(22)28)26(35-31-16)20-10-7-18(8-11-20)21-12-9-19(13-14-32)24(29)15-21;;/h3-12,15,17H,13H2,1-2H3,(H,30,33);;1H2/q-1;+1;/p-1/t17-;;/m1../s1. The largest absolute Gasteiger partial charge is 1.00 e. The van der Waals surface area contributed by atoms with E-state index in [1.165, 1.54) is 11.5 Å². The van der Waals surface area contributed by atoms with E-state index in [0.717, 1.165) is 32.7 Å². The van der Waals surface area contributed by atoms with Gasteiger partial charge in [-0.2, -0.15) is 4.37 Å². The number of hydrogen-bond donors (Lipinski definition) is 1. The molecule has 0 saturated heterocycles. The Morgan fingerprint density at radius 1 is 1.03 bits per heavy atom. The first kappa shape index (κ1) is 31.0. The Hall–Kier alpha value is -2.23. The van der Waals surface area contributed by atoms with Crippen molar-refractivity contribution >= 4 is 52.8 Å². The Balaban J connectivity index is 0.00000241. The summed E-state index contributed by atoms with van der Waals surface area (Å²) in [5.41, 5.74) is 5.61. The fraction of sp³-hybridized carbons (Fsp3) is 0.148. The van der Waals surface area contributed by atoms with Gasteiger partial charge in [0.1, 0.15) is 6.10 Å². The van der Waals surface area contributed by atoms with E-state index in [4.69, 9.17) is 27.9 Å². The number of ether oxygens (including phenoxy) is 1. The molecule has 186 valence electrons. The third-order valence-corrected chi connectivity index (χ3v) is 7.20. The molecule has 10 heteroatoms. The predicted octanol–water partition coefficient (Wildman–Crippen LogP) is 4.88. The summed E-state index contributed by atoms with van der Waals surface area (Å²) in [7, 11) is 0. The number of hydrogen-bond acceptors (Lipinski definition) is 6. The molecule has 1 aromatic heterocycles. The summed E-state index contributed by atoms with van der Waals surface area (Å²) < 4.78 is 9.98. The van der Waals surface area contributed by atoms with Gasteiger partial charge in [-0.15, -0.1) is 6.42 Å². The number of anilines is 1. The van der Waals surface area contributed by atoms with Crippen LogP contribution in [0.3, 0.4) is 0 Å². The van der Waals surface area contributed by atoms with Crippen molar-refractivity contribution in [3.05, 3.63) is 93.6 Å². The molecular formula is C27H22Cl2N2NaO4S-. The fourth-order valence-corrected chi connectivity index (χ4v) is 5.02. The number of halogens is 2. The van der Waals surface area contributed by atoms with Crippen LogP contribution in [0.4, 0.5) is 10.5 Å². The number of aromatic nitrogens is 1. The van der Waals surface area contributed by atoms with Gasteiger partial charge < -0.3 is 15.0 Å². The van der Waals surface area contributed by atoms with E-state index in [1.54, 1.807) is 13.0 Å². The maximum Gasteiger partial charge on any atom is 1.00 e. The fourth-order valence-electron chi connectivity index (χ4n) is 3.64. The smallest absolute Gasteiger partial charge is 0.870 e. The predicted molar refractivity (Wildman–Crippen MR) is 144 cm³/mol. The van der Waals surface area contributed by atoms with Crippen molar-refractivity contribution in [3.8, 4) is 21.6 Å². The van der Waals surface area contributed by atoms with Gasteiger partial charge in [0.15, 0.2) is 0 Å². The molecule has 4 aromatic rings. The molecule has 6 nitrogen and oxygen atoms in total. The van der Waals surface area contributed by atoms with Crippen LogP contribution in [-0.4, -0.2) is 22.2 Å². The Kier molecular flexibility index (Phi) is 11.8. The third kappa shape index (κ3) is 7.42. The molecule has 2 N–H and O–H groups in total. The molecule has 0 saturated carbocycles. The van der Waals surface area contributed by atoms with Gasteiger partial charge in [0.05, 0.1) is 16.3 Å². The summed E-state index contributed by atoms with van der Waals surface area (Å²) in [6.45, 7) is 3.61. The van der Waals surface area contributed by atoms with E-state index in [2.05, 4.69) is 9.69 Å². The van der Waals surface area contributed by atoms with Crippen LogP contribution in [0.1, 0.15) is 29.8 Å². The number of carbonyl (C=O) groups is 1. The van der Waals surface area contributed by atoms with Gasteiger partial charge in [-0.25, -0.2) is 4.79 Å². The molecule has 3 aromatic carbocycles. The summed E-state index contributed by atoms with van der Waals surface area (Å²) in [6, 6.07) is 20.7. The molecule has 37 heavy (non-hydrogen) atoms. The number of rotatable bonds is 7. The molecule has 0 radical (unpaired) electrons. The zero-order valence-electron chi connectivity index (χ0n) is 20.4. The molecule has 1 amide bonds. The molecule has 0 aliphatic heterocycles. The molecule has 1 atom stereocenters. The van der Waals surface area contributed by atoms with E-state index in [1.807, 2.05) is 73.9 Å². The second kappa shape index (κ2) is 14.1. The van der Waals surface area contributed by atoms with Gasteiger partial charge in [-0.3, -0.25) is 11.6 Å². The number of amides is 1. The summed E-state index contributed by atoms with van der Waals surface area (Å²) in [6.07, 6.45) is 0.937. The quantitative estimate of drug-likeness (QED) is 0.255. The molecule has 4 rings (SSSR count). The first-order valence-electron chi connectivity index (χ1n) is 10.8. The van der Waals surface area contributed by atoms with Gasteiger partial charge in [0.2, 0.25) is 0 Å². The van der Waals surface area contributed by atoms with Crippen molar-refractivity contribution in [1.29, 1.82) is 0 Å². The first-order chi connectivity index (χ1) is 16.9. The van der Waals surface area contributed by atoms with Crippen LogP contribution in [-0.2, 0) is 16.0 Å². The van der Waals surface area contributed by atoms with Crippen molar-refractivity contribution in [2.75, 3.05) is 5.32 Å². The minimum atomic E-state index is -0.583. The van der Waals surface area contributed by atoms with Crippen LogP contribution >= 0.6 is 34.7 Å². The monoisotopic (exact) mass is 563 g/mol. The molecule has 0 aliphatic rings. The van der Waals surface area contributed by atoms with Gasteiger partial charge in [0, 0.05) is 15.6 Å². The number of aryl methyl sites for hydroxylation is 1. The number of nitrogens with zero attached hydrogens (tertiary/aromatic N) is 1. The SMILES string of the molecule is Cc1nsc(-c2ccc(-c3ccc(C[C-]=O)c(Cl)c3)cc2)c1NC(=O)O[C@H](C)c1ccccc1Cl.[Na+].[OH-]. The average molecular weight is 564 g/mol. The van der Waals surface area contributed by atoms with E-state index < -0.39 is 12.2 Å². The van der Waals surface area contributed by atoms with Crippen molar-refractivity contribution in [1.82, 2.24) is 4.37 Å². The van der Waals surface area contributed by atoms with Crippen LogP contribution in [0.25, 0.3) is 21.6 Å². The summed E-state index contributed by atoms with van der Waals surface area (Å²) >= 11 is 13.8. The first-order valence-corrected chi connectivity index (χ1v) is 12.3. The molecule has 0 spiro atoms. The Morgan fingerprint density at radius 2 is 1.68 bits per heavy atom. The zero-order valence-corrected chi connectivity index (χ0v) is 24.7. The summed E-state index contributed by atoms with van der Waals surface area (Å²) in [5.74, 6) is 0. The van der Waals surface area contributed by atoms with Crippen molar-refractivity contribution in [2.45, 2.75) is 26.4 Å². The van der Waals surface area contributed by atoms with Crippen LogP contribution in [0.2, 0.25) is 10.0 Å². The molecule has 0 bridgehead atoms. The average Bonchev–Trinajstić information content (AvgIpc) is 3.20. The minimum Gasteiger partial charge on any atom is -0.870 e. The van der Waals surface area contributed by atoms with Crippen LogP contribution in [0, 0.1) is 6.92 Å². The van der Waals surface area contributed by atoms with Crippen LogP contribution in [0.5, 0.6) is 0 Å². The Bertz CT molecular complexity index is 1380. The molecule has 0 unspecified atom stereocenters. The number of benzene rings is 3. The van der Waals surface area contributed by atoms with Gasteiger partial charge in [0.25, 0.3) is 0 Å². The van der Waals surface area contributed by atoms with Crippen molar-refractivity contribution < 1.29 is 49.4 Å². The van der Waals surface area contributed by atoms with Gasteiger partial charge in [-0.1, -0.05) is 83.4 Å². The van der Waals surface area contributed by atoms with E-state index >= 15 is 0 Å². The van der Waals surface area contributed by atoms with Crippen molar-refractivity contribution in [2.24, 2.45) is 0 Å². The Morgan fingerprint density at radius 3 is 2.32 bits per heavy atom. The van der Waals surface area contributed by atoms with Crippen LogP contribution in [0.15, 0.2) is 66.7 Å². The van der Waals surface area contributed by atoms with E-state index in [0.29, 0.717) is 21.4 Å².